The number of anilines is 1. The van der Waals surface area contributed by atoms with Gasteiger partial charge in [-0.3, -0.25) is 9.69 Å². The molecule has 1 aliphatic heterocycles. The van der Waals surface area contributed by atoms with E-state index in [1.54, 1.807) is 4.90 Å². The van der Waals surface area contributed by atoms with Crippen LogP contribution in [0.5, 0.6) is 0 Å². The van der Waals surface area contributed by atoms with Crippen LogP contribution in [-0.4, -0.2) is 74.2 Å². The van der Waals surface area contributed by atoms with E-state index in [4.69, 9.17) is 4.74 Å². The molecule has 2 N–H and O–H groups in total. The Balaban J connectivity index is 1.36. The van der Waals surface area contributed by atoms with Gasteiger partial charge in [-0.15, -0.1) is 0 Å². The van der Waals surface area contributed by atoms with E-state index < -0.39 is 17.6 Å². The van der Waals surface area contributed by atoms with Gasteiger partial charge in [0.15, 0.2) is 0 Å². The van der Waals surface area contributed by atoms with Crippen molar-refractivity contribution in [2.75, 3.05) is 57.8 Å². The number of alkyl halides is 3. The summed E-state index contributed by atoms with van der Waals surface area (Å²) in [5, 5.41) is 5.16. The van der Waals surface area contributed by atoms with Crippen LogP contribution in [0.3, 0.4) is 0 Å². The summed E-state index contributed by atoms with van der Waals surface area (Å²) in [5.41, 5.74) is -1.13. The van der Waals surface area contributed by atoms with Gasteiger partial charge < -0.3 is 20.3 Å². The predicted octanol–water partition coefficient (Wildman–Crippen LogP) is 2.40. The molecule has 1 aliphatic carbocycles. The van der Waals surface area contributed by atoms with Crippen LogP contribution < -0.4 is 10.6 Å². The van der Waals surface area contributed by atoms with Crippen molar-refractivity contribution in [3.05, 3.63) is 29.8 Å². The van der Waals surface area contributed by atoms with Crippen LogP contribution in [0.25, 0.3) is 0 Å². The maximum Gasteiger partial charge on any atom is 0.418 e. The number of halogens is 3. The minimum Gasteiger partial charge on any atom is -0.379 e. The van der Waals surface area contributed by atoms with Gasteiger partial charge in [-0.05, 0) is 30.9 Å². The van der Waals surface area contributed by atoms with Crippen LogP contribution in [0.1, 0.15) is 18.4 Å². The lowest BCUT2D eigenvalue weighted by Crippen LogP contribution is -2.53. The SMILES string of the molecule is O=C(CN1CCN(C(=O)NCCOCC2CC2)CC1)Nc1ccccc1C(F)(F)F. The topological polar surface area (TPSA) is 73.9 Å². The van der Waals surface area contributed by atoms with Crippen molar-refractivity contribution < 1.29 is 27.5 Å². The van der Waals surface area contributed by atoms with E-state index in [2.05, 4.69) is 10.6 Å². The Kier molecular flexibility index (Phi) is 7.54. The van der Waals surface area contributed by atoms with Crippen molar-refractivity contribution in [2.24, 2.45) is 5.92 Å². The van der Waals surface area contributed by atoms with Gasteiger partial charge in [-0.2, -0.15) is 13.2 Å². The van der Waals surface area contributed by atoms with Crippen LogP contribution in [0, 0.1) is 5.92 Å². The van der Waals surface area contributed by atoms with Crippen LogP contribution in [-0.2, 0) is 15.7 Å². The summed E-state index contributed by atoms with van der Waals surface area (Å²) in [6, 6.07) is 4.72. The number of benzene rings is 1. The quantitative estimate of drug-likeness (QED) is 0.624. The molecule has 10 heteroatoms. The second kappa shape index (κ2) is 10.1. The molecule has 1 aromatic carbocycles. The number of rotatable bonds is 8. The van der Waals surface area contributed by atoms with Crippen molar-refractivity contribution in [2.45, 2.75) is 19.0 Å². The fraction of sp³-hybridized carbons (Fsp3) is 0.600. The summed E-state index contributed by atoms with van der Waals surface area (Å²) in [5.74, 6) is 0.172. The van der Waals surface area contributed by atoms with Gasteiger partial charge in [-0.25, -0.2) is 4.79 Å². The van der Waals surface area contributed by atoms with Crippen LogP contribution in [0.2, 0.25) is 0 Å². The summed E-state index contributed by atoms with van der Waals surface area (Å²) in [4.78, 5) is 27.8. The first kappa shape index (κ1) is 22.4. The molecule has 3 amide bonds. The third-order valence-corrected chi connectivity index (χ3v) is 5.11. The van der Waals surface area contributed by atoms with Gasteiger partial charge in [0, 0.05) is 39.3 Å². The van der Waals surface area contributed by atoms with Crippen molar-refractivity contribution in [1.29, 1.82) is 0 Å². The Bertz CT molecular complexity index is 732. The van der Waals surface area contributed by atoms with E-state index in [1.165, 1.54) is 31.0 Å². The Morgan fingerprint density at radius 3 is 2.47 bits per heavy atom. The molecule has 3 rings (SSSR count). The minimum absolute atomic E-state index is 0.0311. The highest BCUT2D eigenvalue weighted by molar-refractivity contribution is 5.93. The number of piperazine rings is 1. The summed E-state index contributed by atoms with van der Waals surface area (Å²) in [6.07, 6.45) is -2.08. The third-order valence-electron chi connectivity index (χ3n) is 5.11. The van der Waals surface area contributed by atoms with E-state index in [0.717, 1.165) is 12.7 Å². The molecule has 0 radical (unpaired) electrons. The van der Waals surface area contributed by atoms with Crippen molar-refractivity contribution >= 4 is 17.6 Å². The highest BCUT2D eigenvalue weighted by atomic mass is 19.4. The molecule has 0 bridgehead atoms. The predicted molar refractivity (Wildman–Crippen MR) is 105 cm³/mol. The molecule has 30 heavy (non-hydrogen) atoms. The van der Waals surface area contributed by atoms with Crippen molar-refractivity contribution in [1.82, 2.24) is 15.1 Å². The summed E-state index contributed by atoms with van der Waals surface area (Å²) in [7, 11) is 0. The molecule has 0 aromatic heterocycles. The van der Waals surface area contributed by atoms with Crippen LogP contribution in [0.4, 0.5) is 23.7 Å². The maximum atomic E-state index is 13.0. The largest absolute Gasteiger partial charge is 0.418 e. The highest BCUT2D eigenvalue weighted by Crippen LogP contribution is 2.34. The van der Waals surface area contributed by atoms with Crippen LogP contribution in [0.15, 0.2) is 24.3 Å². The van der Waals surface area contributed by atoms with Crippen molar-refractivity contribution in [3.63, 3.8) is 0 Å². The minimum atomic E-state index is -4.54. The lowest BCUT2D eigenvalue weighted by Gasteiger charge is -2.34. The van der Waals surface area contributed by atoms with E-state index in [-0.39, 0.29) is 18.3 Å². The lowest BCUT2D eigenvalue weighted by molar-refractivity contribution is -0.137. The number of ether oxygens (including phenoxy) is 1. The van der Waals surface area contributed by atoms with Gasteiger partial charge in [0.2, 0.25) is 5.91 Å². The molecule has 0 unspecified atom stereocenters. The molecule has 1 saturated carbocycles. The molecule has 0 atom stereocenters. The van der Waals surface area contributed by atoms with E-state index in [1.807, 2.05) is 4.90 Å². The van der Waals surface area contributed by atoms with Gasteiger partial charge in [0.25, 0.3) is 0 Å². The Labute approximate surface area is 173 Å². The van der Waals surface area contributed by atoms with Crippen LogP contribution >= 0.6 is 0 Å². The van der Waals surface area contributed by atoms with Gasteiger partial charge >= 0.3 is 12.2 Å². The molecular formula is C20H27F3N4O3. The molecular weight excluding hydrogens is 401 g/mol. The number of carbonyl (C=O) groups excluding carboxylic acids is 2. The van der Waals surface area contributed by atoms with Crippen molar-refractivity contribution in [3.8, 4) is 0 Å². The zero-order valence-electron chi connectivity index (χ0n) is 16.7. The molecule has 2 aliphatic rings. The van der Waals surface area contributed by atoms with E-state index in [9.17, 15) is 22.8 Å². The smallest absolute Gasteiger partial charge is 0.379 e. The number of hydrogen-bond donors (Lipinski definition) is 2. The zero-order valence-corrected chi connectivity index (χ0v) is 16.7. The van der Waals surface area contributed by atoms with E-state index in [0.29, 0.717) is 45.2 Å². The second-order valence-electron chi connectivity index (χ2n) is 7.60. The number of amides is 3. The summed E-state index contributed by atoms with van der Waals surface area (Å²) >= 11 is 0. The molecule has 1 aromatic rings. The molecule has 7 nitrogen and oxygen atoms in total. The lowest BCUT2D eigenvalue weighted by atomic mass is 10.1. The fourth-order valence-corrected chi connectivity index (χ4v) is 3.22. The second-order valence-corrected chi connectivity index (χ2v) is 7.60. The third kappa shape index (κ3) is 6.88. The first-order valence-electron chi connectivity index (χ1n) is 10.1. The number of nitrogens with zero attached hydrogens (tertiary/aromatic N) is 2. The first-order chi connectivity index (χ1) is 14.3. The summed E-state index contributed by atoms with van der Waals surface area (Å²) in [6.45, 7) is 3.50. The molecule has 166 valence electrons. The zero-order chi connectivity index (χ0) is 21.6. The number of carbonyl (C=O) groups is 2. The monoisotopic (exact) mass is 428 g/mol. The molecule has 2 fully saturated rings. The normalized spacial score (nSPS) is 17.6. The summed E-state index contributed by atoms with van der Waals surface area (Å²) < 4.78 is 44.6. The fourth-order valence-electron chi connectivity index (χ4n) is 3.22. The maximum absolute atomic E-state index is 13.0. The average Bonchev–Trinajstić information content (AvgIpc) is 3.52. The molecule has 1 heterocycles. The van der Waals surface area contributed by atoms with Gasteiger partial charge in [0.05, 0.1) is 24.4 Å². The average molecular weight is 428 g/mol. The first-order valence-corrected chi connectivity index (χ1v) is 10.1. The van der Waals surface area contributed by atoms with Gasteiger partial charge in [0.1, 0.15) is 0 Å². The highest BCUT2D eigenvalue weighted by Gasteiger charge is 2.33. The number of nitrogens with one attached hydrogen (secondary N) is 2. The van der Waals surface area contributed by atoms with Gasteiger partial charge in [-0.1, -0.05) is 12.1 Å². The Hall–Kier alpha value is -2.33. The molecule has 1 saturated heterocycles. The standard InChI is InChI=1S/C20H27F3N4O3/c21-20(22,23)16-3-1-2-4-17(16)25-18(28)13-26-8-10-27(11-9-26)19(29)24-7-12-30-14-15-5-6-15/h1-4,15H,5-14H2,(H,24,29)(H,25,28). The Morgan fingerprint density at radius 2 is 1.80 bits per heavy atom. The number of para-hydroxylation sites is 1. The number of hydrogen-bond acceptors (Lipinski definition) is 4. The van der Waals surface area contributed by atoms with E-state index >= 15 is 0 Å². The Morgan fingerprint density at radius 1 is 1.10 bits per heavy atom. The number of urea groups is 1. The molecule has 0 spiro atoms.